The van der Waals surface area contributed by atoms with Crippen LogP contribution in [0.25, 0.3) is 0 Å². The highest BCUT2D eigenvalue weighted by atomic mass is 16.5. The topological polar surface area (TPSA) is 50.7 Å². The van der Waals surface area contributed by atoms with Gasteiger partial charge in [0.15, 0.2) is 5.60 Å². The average Bonchev–Trinajstić information content (AvgIpc) is 2.68. The maximum atomic E-state index is 11.0. The molecule has 1 aliphatic rings. The summed E-state index contributed by atoms with van der Waals surface area (Å²) >= 11 is 0. The van der Waals surface area contributed by atoms with Crippen LogP contribution in [-0.4, -0.2) is 31.9 Å². The monoisotopic (exact) mass is 323 g/mol. The van der Waals surface area contributed by atoms with Gasteiger partial charge in [0.2, 0.25) is 0 Å². The van der Waals surface area contributed by atoms with Gasteiger partial charge >= 0.3 is 0 Å². The number of morpholine rings is 1. The predicted octanol–water partition coefficient (Wildman–Crippen LogP) is 2.23. The minimum absolute atomic E-state index is 0.0349. The predicted molar refractivity (Wildman–Crippen MR) is 92.8 cm³/mol. The van der Waals surface area contributed by atoms with Crippen LogP contribution < -0.4 is 10.1 Å². The molecular formula is C20H21NO3. The molecule has 24 heavy (non-hydrogen) atoms. The van der Waals surface area contributed by atoms with E-state index in [0.29, 0.717) is 17.7 Å². The summed E-state index contributed by atoms with van der Waals surface area (Å²) in [6.07, 6.45) is 5.69. The molecule has 2 aromatic carbocycles. The molecule has 4 nitrogen and oxygen atoms in total. The van der Waals surface area contributed by atoms with Crippen LogP contribution in [0.1, 0.15) is 22.8 Å². The summed E-state index contributed by atoms with van der Waals surface area (Å²) in [4.78, 5) is 0. The van der Waals surface area contributed by atoms with Gasteiger partial charge in [-0.3, -0.25) is 0 Å². The van der Waals surface area contributed by atoms with Crippen molar-refractivity contribution in [3.8, 4) is 18.1 Å². The van der Waals surface area contributed by atoms with Crippen molar-refractivity contribution in [2.75, 3.05) is 26.8 Å². The van der Waals surface area contributed by atoms with Gasteiger partial charge in [0.25, 0.3) is 0 Å². The van der Waals surface area contributed by atoms with Crippen molar-refractivity contribution in [1.82, 2.24) is 5.32 Å². The van der Waals surface area contributed by atoms with Gasteiger partial charge in [-0.15, -0.1) is 6.42 Å². The lowest BCUT2D eigenvalue weighted by Gasteiger charge is -2.26. The fourth-order valence-corrected chi connectivity index (χ4v) is 2.88. The van der Waals surface area contributed by atoms with E-state index in [1.165, 1.54) is 0 Å². The Bertz CT molecular complexity index is 712. The first-order valence-electron chi connectivity index (χ1n) is 7.95. The molecule has 1 fully saturated rings. The molecule has 3 rings (SSSR count). The van der Waals surface area contributed by atoms with Crippen LogP contribution >= 0.6 is 0 Å². The van der Waals surface area contributed by atoms with Crippen LogP contribution in [0.3, 0.4) is 0 Å². The maximum Gasteiger partial charge on any atom is 0.176 e. The Kier molecular flexibility index (Phi) is 4.86. The minimum atomic E-state index is -1.48. The molecular weight excluding hydrogens is 302 g/mol. The van der Waals surface area contributed by atoms with E-state index in [0.717, 1.165) is 24.4 Å². The van der Waals surface area contributed by atoms with Gasteiger partial charge in [-0.1, -0.05) is 42.3 Å². The molecule has 1 heterocycles. The maximum absolute atomic E-state index is 11.0. The molecule has 0 amide bonds. The molecule has 0 radical (unpaired) electrons. The second-order valence-electron chi connectivity index (χ2n) is 5.77. The number of benzene rings is 2. The lowest BCUT2D eigenvalue weighted by atomic mass is 9.86. The highest BCUT2D eigenvalue weighted by Gasteiger charge is 2.29. The second-order valence-corrected chi connectivity index (χ2v) is 5.77. The van der Waals surface area contributed by atoms with Crippen molar-refractivity contribution in [1.29, 1.82) is 0 Å². The van der Waals surface area contributed by atoms with Crippen molar-refractivity contribution < 1.29 is 14.6 Å². The highest BCUT2D eigenvalue weighted by Crippen LogP contribution is 2.31. The molecule has 2 atom stereocenters. The first-order valence-corrected chi connectivity index (χ1v) is 7.95. The lowest BCUT2D eigenvalue weighted by Crippen LogP contribution is -2.33. The van der Waals surface area contributed by atoms with Crippen LogP contribution in [0.5, 0.6) is 5.75 Å². The molecule has 2 aromatic rings. The number of aliphatic hydroxyl groups is 1. The fourth-order valence-electron chi connectivity index (χ4n) is 2.88. The molecule has 2 unspecified atom stereocenters. The van der Waals surface area contributed by atoms with Crippen LogP contribution in [0.4, 0.5) is 0 Å². The minimum Gasteiger partial charge on any atom is -0.497 e. The Hall–Kier alpha value is -2.32. The number of methoxy groups -OCH3 is 1. The van der Waals surface area contributed by atoms with Crippen LogP contribution in [0, 0.1) is 12.3 Å². The van der Waals surface area contributed by atoms with Gasteiger partial charge in [-0.25, -0.2) is 0 Å². The summed E-state index contributed by atoms with van der Waals surface area (Å²) in [7, 11) is 1.60. The van der Waals surface area contributed by atoms with Crippen molar-refractivity contribution in [3.63, 3.8) is 0 Å². The Labute approximate surface area is 142 Å². The average molecular weight is 323 g/mol. The number of hydrogen-bond acceptors (Lipinski definition) is 4. The Morgan fingerprint density at radius 1 is 1.17 bits per heavy atom. The van der Waals surface area contributed by atoms with E-state index in [1.807, 2.05) is 24.3 Å². The summed E-state index contributed by atoms with van der Waals surface area (Å²) in [6, 6.07) is 14.8. The largest absolute Gasteiger partial charge is 0.497 e. The Balaban J connectivity index is 1.88. The zero-order chi connectivity index (χ0) is 17.0. The van der Waals surface area contributed by atoms with E-state index < -0.39 is 5.60 Å². The van der Waals surface area contributed by atoms with E-state index in [9.17, 15) is 5.11 Å². The third-order valence-corrected chi connectivity index (χ3v) is 4.34. The van der Waals surface area contributed by atoms with Crippen molar-refractivity contribution >= 4 is 0 Å². The molecule has 0 bridgehead atoms. The molecule has 0 aromatic heterocycles. The van der Waals surface area contributed by atoms with E-state index in [2.05, 4.69) is 11.2 Å². The summed E-state index contributed by atoms with van der Waals surface area (Å²) in [5, 5.41) is 14.3. The smallest absolute Gasteiger partial charge is 0.176 e. The summed E-state index contributed by atoms with van der Waals surface area (Å²) in [6.45, 7) is 2.37. The SMILES string of the molecule is C#CC(O)(c1ccc(OC)cc1)c1ccc(C2CNCCO2)cc1. The normalized spacial score (nSPS) is 20.0. The first kappa shape index (κ1) is 16.5. The van der Waals surface area contributed by atoms with E-state index >= 15 is 0 Å². The number of rotatable bonds is 4. The van der Waals surface area contributed by atoms with Gasteiger partial charge in [0.05, 0.1) is 19.8 Å². The standard InChI is InChI=1S/C20H21NO3/c1-3-20(22,17-8-10-18(23-2)11-9-17)16-6-4-15(5-7-16)19-14-21-12-13-24-19/h1,4-11,19,21-22H,12-14H2,2H3. The zero-order valence-electron chi connectivity index (χ0n) is 13.7. The van der Waals surface area contributed by atoms with Crippen LogP contribution in [-0.2, 0) is 10.3 Å². The van der Waals surface area contributed by atoms with Crippen LogP contribution in [0.2, 0.25) is 0 Å². The van der Waals surface area contributed by atoms with E-state index in [-0.39, 0.29) is 6.10 Å². The van der Waals surface area contributed by atoms with Gasteiger partial charge in [0.1, 0.15) is 5.75 Å². The van der Waals surface area contributed by atoms with Gasteiger partial charge < -0.3 is 19.9 Å². The molecule has 4 heteroatoms. The quantitative estimate of drug-likeness (QED) is 0.847. The van der Waals surface area contributed by atoms with E-state index in [1.54, 1.807) is 31.4 Å². The number of hydrogen-bond donors (Lipinski definition) is 2. The van der Waals surface area contributed by atoms with E-state index in [4.69, 9.17) is 15.9 Å². The number of ether oxygens (including phenoxy) is 2. The third-order valence-electron chi connectivity index (χ3n) is 4.34. The second kappa shape index (κ2) is 7.06. The van der Waals surface area contributed by atoms with Gasteiger partial charge in [-0.2, -0.15) is 0 Å². The number of nitrogens with one attached hydrogen (secondary N) is 1. The molecule has 0 aliphatic carbocycles. The number of terminal acetylenes is 1. The molecule has 0 spiro atoms. The molecule has 1 saturated heterocycles. The van der Waals surface area contributed by atoms with Gasteiger partial charge in [0, 0.05) is 24.2 Å². The third kappa shape index (κ3) is 3.15. The highest BCUT2D eigenvalue weighted by molar-refractivity contribution is 5.46. The first-order chi connectivity index (χ1) is 11.7. The summed E-state index contributed by atoms with van der Waals surface area (Å²) < 4.78 is 10.9. The van der Waals surface area contributed by atoms with Crippen molar-refractivity contribution in [3.05, 3.63) is 65.2 Å². The zero-order valence-corrected chi connectivity index (χ0v) is 13.7. The molecule has 124 valence electrons. The summed E-state index contributed by atoms with van der Waals surface area (Å²) in [5.74, 6) is 3.24. The van der Waals surface area contributed by atoms with Crippen LogP contribution in [0.15, 0.2) is 48.5 Å². The summed E-state index contributed by atoms with van der Waals surface area (Å²) in [5.41, 5.74) is 0.882. The molecule has 0 saturated carbocycles. The lowest BCUT2D eigenvalue weighted by molar-refractivity contribution is 0.0276. The Morgan fingerprint density at radius 2 is 1.79 bits per heavy atom. The molecule has 1 aliphatic heterocycles. The molecule has 2 N–H and O–H groups in total. The van der Waals surface area contributed by atoms with Crippen molar-refractivity contribution in [2.45, 2.75) is 11.7 Å². The Morgan fingerprint density at radius 3 is 2.29 bits per heavy atom. The van der Waals surface area contributed by atoms with Crippen molar-refractivity contribution in [2.24, 2.45) is 0 Å². The fraction of sp³-hybridized carbons (Fsp3) is 0.300. The van der Waals surface area contributed by atoms with Gasteiger partial charge in [-0.05, 0) is 17.7 Å².